The number of aromatic nitrogens is 1. The van der Waals surface area contributed by atoms with Gasteiger partial charge in [-0.3, -0.25) is 9.59 Å². The van der Waals surface area contributed by atoms with E-state index in [1.807, 2.05) is 48.7 Å². The maximum absolute atomic E-state index is 12.2. The number of aryl methyl sites for hydroxylation is 1. The standard InChI is InChI=1S/C19H19N3O2S2/c1-12-3-5-14(6-4-12)9-18(24)22-19-21-16(11-25-19)17-8-7-15(26-17)10-20-13(2)23/h3-8,11H,9-10H2,1-2H3,(H,20,23)(H,21,22,24). The Hall–Kier alpha value is -2.51. The van der Waals surface area contributed by atoms with Crippen LogP contribution in [0.15, 0.2) is 41.8 Å². The van der Waals surface area contributed by atoms with Crippen LogP contribution in [0.5, 0.6) is 0 Å². The number of nitrogens with one attached hydrogen (secondary N) is 2. The molecule has 5 nitrogen and oxygen atoms in total. The smallest absolute Gasteiger partial charge is 0.230 e. The fraction of sp³-hybridized carbons (Fsp3) is 0.211. The molecule has 3 aromatic rings. The number of amides is 2. The molecule has 2 amide bonds. The molecule has 26 heavy (non-hydrogen) atoms. The summed E-state index contributed by atoms with van der Waals surface area (Å²) in [6, 6.07) is 11.9. The van der Waals surface area contributed by atoms with Gasteiger partial charge in [0.2, 0.25) is 11.8 Å². The summed E-state index contributed by atoms with van der Waals surface area (Å²) in [5.41, 5.74) is 2.98. The second-order valence-corrected chi connectivity index (χ2v) is 7.95. The van der Waals surface area contributed by atoms with Crippen molar-refractivity contribution in [2.24, 2.45) is 0 Å². The molecular formula is C19H19N3O2S2. The highest BCUT2D eigenvalue weighted by atomic mass is 32.1. The summed E-state index contributed by atoms with van der Waals surface area (Å²) in [6.07, 6.45) is 0.328. The maximum atomic E-state index is 12.2. The van der Waals surface area contributed by atoms with E-state index in [2.05, 4.69) is 15.6 Å². The number of anilines is 1. The van der Waals surface area contributed by atoms with E-state index >= 15 is 0 Å². The normalized spacial score (nSPS) is 10.5. The molecule has 2 aromatic heterocycles. The fourth-order valence-electron chi connectivity index (χ4n) is 2.32. The van der Waals surface area contributed by atoms with Crippen molar-refractivity contribution in [3.05, 3.63) is 57.8 Å². The zero-order valence-corrected chi connectivity index (χ0v) is 16.2. The van der Waals surface area contributed by atoms with Crippen LogP contribution in [0, 0.1) is 6.92 Å². The number of hydrogen-bond acceptors (Lipinski definition) is 5. The Kier molecular flexibility index (Phi) is 5.80. The summed E-state index contributed by atoms with van der Waals surface area (Å²) in [6.45, 7) is 4.04. The number of rotatable bonds is 6. The summed E-state index contributed by atoms with van der Waals surface area (Å²) in [5.74, 6) is -0.125. The minimum atomic E-state index is -0.0766. The van der Waals surface area contributed by atoms with E-state index in [0.29, 0.717) is 18.1 Å². The van der Waals surface area contributed by atoms with E-state index in [9.17, 15) is 9.59 Å². The number of thiophene rings is 1. The van der Waals surface area contributed by atoms with Crippen LogP contribution in [0.3, 0.4) is 0 Å². The zero-order valence-electron chi connectivity index (χ0n) is 14.5. The van der Waals surface area contributed by atoms with Crippen LogP contribution in [0.2, 0.25) is 0 Å². The molecular weight excluding hydrogens is 366 g/mol. The topological polar surface area (TPSA) is 71.1 Å². The van der Waals surface area contributed by atoms with Gasteiger partial charge in [-0.25, -0.2) is 4.98 Å². The number of thiazole rings is 1. The van der Waals surface area contributed by atoms with Crippen LogP contribution in [0.1, 0.15) is 22.9 Å². The monoisotopic (exact) mass is 385 g/mol. The molecule has 0 fully saturated rings. The number of nitrogens with zero attached hydrogens (tertiary/aromatic N) is 1. The van der Waals surface area contributed by atoms with E-state index < -0.39 is 0 Å². The molecule has 2 heterocycles. The van der Waals surface area contributed by atoms with Crippen LogP contribution in [-0.4, -0.2) is 16.8 Å². The molecule has 0 saturated heterocycles. The Morgan fingerprint density at radius 1 is 1.12 bits per heavy atom. The van der Waals surface area contributed by atoms with Gasteiger partial charge >= 0.3 is 0 Å². The third kappa shape index (κ3) is 5.00. The number of hydrogen-bond donors (Lipinski definition) is 2. The Morgan fingerprint density at radius 2 is 1.88 bits per heavy atom. The minimum absolute atomic E-state index is 0.0489. The molecule has 0 bridgehead atoms. The van der Waals surface area contributed by atoms with Crippen molar-refractivity contribution < 1.29 is 9.59 Å². The van der Waals surface area contributed by atoms with Gasteiger partial charge in [0.05, 0.1) is 23.5 Å². The van der Waals surface area contributed by atoms with Crippen LogP contribution in [0.4, 0.5) is 5.13 Å². The largest absolute Gasteiger partial charge is 0.351 e. The summed E-state index contributed by atoms with van der Waals surface area (Å²) in [5, 5.41) is 8.16. The third-order valence-corrected chi connectivity index (χ3v) is 5.53. The molecule has 3 rings (SSSR count). The van der Waals surface area contributed by atoms with Crippen molar-refractivity contribution in [1.82, 2.24) is 10.3 Å². The second kappa shape index (κ2) is 8.25. The Bertz CT molecular complexity index is 913. The highest BCUT2D eigenvalue weighted by Gasteiger charge is 2.11. The van der Waals surface area contributed by atoms with E-state index in [0.717, 1.165) is 21.0 Å². The lowest BCUT2D eigenvalue weighted by molar-refractivity contribution is -0.119. The van der Waals surface area contributed by atoms with Gasteiger partial charge in [-0.05, 0) is 24.6 Å². The summed E-state index contributed by atoms with van der Waals surface area (Å²) in [7, 11) is 0. The lowest BCUT2D eigenvalue weighted by Crippen LogP contribution is -2.17. The van der Waals surface area contributed by atoms with Crippen molar-refractivity contribution in [3.8, 4) is 10.6 Å². The van der Waals surface area contributed by atoms with Gasteiger partial charge in [-0.2, -0.15) is 0 Å². The highest BCUT2D eigenvalue weighted by molar-refractivity contribution is 7.17. The first-order valence-electron chi connectivity index (χ1n) is 8.14. The molecule has 1 aromatic carbocycles. The number of carbonyl (C=O) groups is 2. The summed E-state index contributed by atoms with van der Waals surface area (Å²) in [4.78, 5) is 29.7. The highest BCUT2D eigenvalue weighted by Crippen LogP contribution is 2.30. The molecule has 0 spiro atoms. The van der Waals surface area contributed by atoms with E-state index in [1.54, 1.807) is 11.3 Å². The Labute approximate surface area is 160 Å². The van der Waals surface area contributed by atoms with Crippen LogP contribution in [-0.2, 0) is 22.6 Å². The molecule has 0 aliphatic carbocycles. The van der Waals surface area contributed by atoms with Crippen molar-refractivity contribution in [2.45, 2.75) is 26.8 Å². The van der Waals surface area contributed by atoms with Gasteiger partial charge in [-0.15, -0.1) is 22.7 Å². The second-order valence-electron chi connectivity index (χ2n) is 5.92. The molecule has 2 N–H and O–H groups in total. The molecule has 0 unspecified atom stereocenters. The van der Waals surface area contributed by atoms with Crippen molar-refractivity contribution in [1.29, 1.82) is 0 Å². The molecule has 0 saturated carbocycles. The summed E-state index contributed by atoms with van der Waals surface area (Å²) < 4.78 is 0. The minimum Gasteiger partial charge on any atom is -0.351 e. The average molecular weight is 386 g/mol. The molecule has 7 heteroatoms. The van der Waals surface area contributed by atoms with Crippen LogP contribution in [0.25, 0.3) is 10.6 Å². The summed E-state index contributed by atoms with van der Waals surface area (Å²) >= 11 is 2.99. The van der Waals surface area contributed by atoms with Crippen LogP contribution < -0.4 is 10.6 Å². The molecule has 0 radical (unpaired) electrons. The van der Waals surface area contributed by atoms with E-state index in [-0.39, 0.29) is 11.8 Å². The van der Waals surface area contributed by atoms with Gasteiger partial charge in [0.25, 0.3) is 0 Å². The van der Waals surface area contributed by atoms with Crippen LogP contribution >= 0.6 is 22.7 Å². The Balaban J connectivity index is 1.59. The molecule has 134 valence electrons. The predicted octanol–water partition coefficient (Wildman–Crippen LogP) is 4.00. The Morgan fingerprint density at radius 3 is 2.62 bits per heavy atom. The average Bonchev–Trinajstić information content (AvgIpc) is 3.24. The van der Waals surface area contributed by atoms with Crippen molar-refractivity contribution >= 4 is 39.6 Å². The first-order valence-corrected chi connectivity index (χ1v) is 9.83. The first-order chi connectivity index (χ1) is 12.5. The quantitative estimate of drug-likeness (QED) is 0.674. The van der Waals surface area contributed by atoms with Crippen molar-refractivity contribution in [3.63, 3.8) is 0 Å². The van der Waals surface area contributed by atoms with E-state index in [4.69, 9.17) is 0 Å². The maximum Gasteiger partial charge on any atom is 0.230 e. The van der Waals surface area contributed by atoms with E-state index in [1.165, 1.54) is 23.8 Å². The van der Waals surface area contributed by atoms with Gasteiger partial charge in [-0.1, -0.05) is 29.8 Å². The van der Waals surface area contributed by atoms with Gasteiger partial charge < -0.3 is 10.6 Å². The number of carbonyl (C=O) groups excluding carboxylic acids is 2. The molecule has 0 atom stereocenters. The molecule has 0 aliphatic rings. The van der Waals surface area contributed by atoms with Gasteiger partial charge in [0.15, 0.2) is 5.13 Å². The van der Waals surface area contributed by atoms with Gasteiger partial charge in [0.1, 0.15) is 0 Å². The SMILES string of the molecule is CC(=O)NCc1ccc(-c2csc(NC(=O)Cc3ccc(C)cc3)n2)s1. The number of benzene rings is 1. The first kappa shape index (κ1) is 18.3. The fourth-order valence-corrected chi connectivity index (χ4v) is 4.03. The van der Waals surface area contributed by atoms with Crippen molar-refractivity contribution in [2.75, 3.05) is 5.32 Å². The lowest BCUT2D eigenvalue weighted by atomic mass is 10.1. The zero-order chi connectivity index (χ0) is 18.5. The predicted molar refractivity (Wildman–Crippen MR) is 106 cm³/mol. The molecule has 0 aliphatic heterocycles. The van der Waals surface area contributed by atoms with Gasteiger partial charge in [0, 0.05) is 17.2 Å². The third-order valence-electron chi connectivity index (χ3n) is 3.66. The lowest BCUT2D eigenvalue weighted by Gasteiger charge is -2.02.